The van der Waals surface area contributed by atoms with Gasteiger partial charge in [-0.3, -0.25) is 4.79 Å². The van der Waals surface area contributed by atoms with Crippen LogP contribution in [0.5, 0.6) is 0 Å². The number of hydrogen-bond donors (Lipinski definition) is 1. The first-order chi connectivity index (χ1) is 6.95. The SMILES string of the molecule is CC(C(=O)O)N(C)c1nccn(C)c1=O. The Kier molecular flexibility index (Phi) is 3.08. The van der Waals surface area contributed by atoms with Crippen molar-refractivity contribution in [2.24, 2.45) is 7.05 Å². The van der Waals surface area contributed by atoms with E-state index < -0.39 is 12.0 Å². The molecule has 0 radical (unpaired) electrons. The van der Waals surface area contributed by atoms with Crippen molar-refractivity contribution in [3.05, 3.63) is 22.7 Å². The topological polar surface area (TPSA) is 75.4 Å². The largest absolute Gasteiger partial charge is 0.480 e. The number of aryl methyl sites for hydroxylation is 1. The summed E-state index contributed by atoms with van der Waals surface area (Å²) in [6, 6.07) is -0.785. The molecule has 6 heteroatoms. The van der Waals surface area contributed by atoms with Gasteiger partial charge in [-0.25, -0.2) is 9.78 Å². The van der Waals surface area contributed by atoms with Crippen LogP contribution in [-0.2, 0) is 11.8 Å². The van der Waals surface area contributed by atoms with Crippen molar-refractivity contribution in [2.45, 2.75) is 13.0 Å². The van der Waals surface area contributed by atoms with Crippen LogP contribution < -0.4 is 10.5 Å². The molecule has 0 aliphatic heterocycles. The third-order valence-corrected chi connectivity index (χ3v) is 2.27. The van der Waals surface area contributed by atoms with Crippen molar-refractivity contribution in [1.82, 2.24) is 9.55 Å². The molecule has 0 fully saturated rings. The normalized spacial score (nSPS) is 12.2. The quantitative estimate of drug-likeness (QED) is 0.742. The summed E-state index contributed by atoms with van der Waals surface area (Å²) in [6.45, 7) is 1.50. The van der Waals surface area contributed by atoms with Crippen molar-refractivity contribution in [3.8, 4) is 0 Å². The predicted octanol–water partition coefficient (Wildman–Crippen LogP) is -0.310. The van der Waals surface area contributed by atoms with Crippen LogP contribution in [0.2, 0.25) is 0 Å². The van der Waals surface area contributed by atoms with E-state index in [-0.39, 0.29) is 11.4 Å². The van der Waals surface area contributed by atoms with Crippen molar-refractivity contribution in [3.63, 3.8) is 0 Å². The molecule has 15 heavy (non-hydrogen) atoms. The fourth-order valence-electron chi connectivity index (χ4n) is 1.08. The fourth-order valence-corrected chi connectivity index (χ4v) is 1.08. The van der Waals surface area contributed by atoms with Gasteiger partial charge in [0.2, 0.25) is 0 Å². The molecule has 0 aliphatic carbocycles. The van der Waals surface area contributed by atoms with Crippen LogP contribution in [0, 0.1) is 0 Å². The Morgan fingerprint density at radius 2 is 2.27 bits per heavy atom. The molecular formula is C9H13N3O3. The lowest BCUT2D eigenvalue weighted by Gasteiger charge is -2.21. The summed E-state index contributed by atoms with van der Waals surface area (Å²) in [5.74, 6) is -0.861. The van der Waals surface area contributed by atoms with Crippen molar-refractivity contribution < 1.29 is 9.90 Å². The van der Waals surface area contributed by atoms with Crippen molar-refractivity contribution in [2.75, 3.05) is 11.9 Å². The third kappa shape index (κ3) is 2.15. The van der Waals surface area contributed by atoms with Gasteiger partial charge < -0.3 is 14.6 Å². The summed E-state index contributed by atoms with van der Waals surface area (Å²) in [5, 5.41) is 8.80. The number of aliphatic carboxylic acids is 1. The van der Waals surface area contributed by atoms with Gasteiger partial charge in [-0.1, -0.05) is 0 Å². The summed E-state index contributed by atoms with van der Waals surface area (Å²) in [5.41, 5.74) is -0.312. The van der Waals surface area contributed by atoms with Gasteiger partial charge >= 0.3 is 5.97 Å². The summed E-state index contributed by atoms with van der Waals surface area (Å²) >= 11 is 0. The van der Waals surface area contributed by atoms with E-state index in [4.69, 9.17) is 5.11 Å². The highest BCUT2D eigenvalue weighted by Crippen LogP contribution is 2.05. The Balaban J connectivity index is 3.12. The van der Waals surface area contributed by atoms with Gasteiger partial charge in [-0.15, -0.1) is 0 Å². The van der Waals surface area contributed by atoms with Crippen molar-refractivity contribution in [1.29, 1.82) is 0 Å². The van der Waals surface area contributed by atoms with Gasteiger partial charge in [0.1, 0.15) is 6.04 Å². The van der Waals surface area contributed by atoms with E-state index >= 15 is 0 Å². The molecule has 1 atom stereocenters. The van der Waals surface area contributed by atoms with E-state index in [1.165, 1.54) is 35.8 Å². The maximum atomic E-state index is 11.6. The molecule has 0 saturated heterocycles. The molecule has 1 aromatic heterocycles. The average Bonchev–Trinajstić information content (AvgIpc) is 2.20. The Bertz CT molecular complexity index is 427. The predicted molar refractivity (Wildman–Crippen MR) is 55.0 cm³/mol. The van der Waals surface area contributed by atoms with E-state index in [1.807, 2.05) is 0 Å². The number of carbonyl (C=O) groups is 1. The lowest BCUT2D eigenvalue weighted by Crippen LogP contribution is -2.40. The minimum absolute atomic E-state index is 0.134. The average molecular weight is 211 g/mol. The molecule has 0 spiro atoms. The molecule has 1 rings (SSSR count). The highest BCUT2D eigenvalue weighted by atomic mass is 16.4. The molecular weight excluding hydrogens is 198 g/mol. The smallest absolute Gasteiger partial charge is 0.326 e. The van der Waals surface area contributed by atoms with Crippen LogP contribution in [0.25, 0.3) is 0 Å². The Morgan fingerprint density at radius 1 is 1.67 bits per heavy atom. The van der Waals surface area contributed by atoms with Gasteiger partial charge in [0, 0.05) is 26.5 Å². The molecule has 0 aliphatic rings. The highest BCUT2D eigenvalue weighted by molar-refractivity contribution is 5.76. The molecule has 0 aromatic carbocycles. The maximum absolute atomic E-state index is 11.6. The second-order valence-corrected chi connectivity index (χ2v) is 3.29. The zero-order chi connectivity index (χ0) is 11.6. The monoisotopic (exact) mass is 211 g/mol. The second-order valence-electron chi connectivity index (χ2n) is 3.29. The highest BCUT2D eigenvalue weighted by Gasteiger charge is 2.20. The summed E-state index contributed by atoms with van der Waals surface area (Å²) in [6.07, 6.45) is 2.98. The van der Waals surface area contributed by atoms with Gasteiger partial charge in [0.15, 0.2) is 5.82 Å². The van der Waals surface area contributed by atoms with E-state index in [2.05, 4.69) is 4.98 Å². The van der Waals surface area contributed by atoms with Crippen LogP contribution in [0.3, 0.4) is 0 Å². The third-order valence-electron chi connectivity index (χ3n) is 2.27. The summed E-state index contributed by atoms with van der Waals surface area (Å²) in [7, 11) is 3.12. The molecule has 1 heterocycles. The second kappa shape index (κ2) is 4.12. The van der Waals surface area contributed by atoms with E-state index in [0.717, 1.165) is 0 Å². The molecule has 82 valence electrons. The van der Waals surface area contributed by atoms with Gasteiger partial charge in [0.25, 0.3) is 5.56 Å². The van der Waals surface area contributed by atoms with Crippen LogP contribution in [0.4, 0.5) is 5.82 Å². The Labute approximate surface area is 86.8 Å². The van der Waals surface area contributed by atoms with Crippen LogP contribution in [-0.4, -0.2) is 33.7 Å². The number of nitrogens with zero attached hydrogens (tertiary/aromatic N) is 3. The molecule has 1 aromatic rings. The van der Waals surface area contributed by atoms with Gasteiger partial charge in [0.05, 0.1) is 0 Å². The van der Waals surface area contributed by atoms with Crippen LogP contribution in [0.15, 0.2) is 17.2 Å². The zero-order valence-corrected chi connectivity index (χ0v) is 8.84. The number of anilines is 1. The number of likely N-dealkylation sites (N-methyl/N-ethyl adjacent to an activating group) is 1. The first-order valence-corrected chi connectivity index (χ1v) is 4.42. The standard InChI is InChI=1S/C9H13N3O3/c1-6(9(14)15)12(3)7-8(13)11(2)5-4-10-7/h4-6H,1-3H3,(H,14,15). The van der Waals surface area contributed by atoms with Crippen LogP contribution >= 0.6 is 0 Å². The summed E-state index contributed by atoms with van der Waals surface area (Å²) in [4.78, 5) is 27.5. The molecule has 0 saturated carbocycles. The van der Waals surface area contributed by atoms with Gasteiger partial charge in [-0.2, -0.15) is 0 Å². The number of hydrogen-bond acceptors (Lipinski definition) is 4. The van der Waals surface area contributed by atoms with E-state index in [9.17, 15) is 9.59 Å². The minimum atomic E-state index is -0.995. The molecule has 0 bridgehead atoms. The van der Waals surface area contributed by atoms with Crippen molar-refractivity contribution >= 4 is 11.8 Å². The summed E-state index contributed by atoms with van der Waals surface area (Å²) < 4.78 is 1.35. The molecule has 1 N–H and O–H groups in total. The Morgan fingerprint density at radius 3 is 2.80 bits per heavy atom. The first-order valence-electron chi connectivity index (χ1n) is 4.42. The first kappa shape index (κ1) is 11.2. The van der Waals surface area contributed by atoms with E-state index in [1.54, 1.807) is 7.05 Å². The number of rotatable bonds is 3. The molecule has 6 nitrogen and oxygen atoms in total. The fraction of sp³-hybridized carbons (Fsp3) is 0.444. The lowest BCUT2D eigenvalue weighted by atomic mass is 10.3. The van der Waals surface area contributed by atoms with Gasteiger partial charge in [-0.05, 0) is 6.92 Å². The zero-order valence-electron chi connectivity index (χ0n) is 8.84. The van der Waals surface area contributed by atoms with Crippen LogP contribution in [0.1, 0.15) is 6.92 Å². The number of carboxylic acid groups (broad SMARTS) is 1. The number of aromatic nitrogens is 2. The number of carboxylic acids is 1. The maximum Gasteiger partial charge on any atom is 0.326 e. The lowest BCUT2D eigenvalue weighted by molar-refractivity contribution is -0.138. The van der Waals surface area contributed by atoms with E-state index in [0.29, 0.717) is 0 Å². The minimum Gasteiger partial charge on any atom is -0.480 e. The molecule has 1 unspecified atom stereocenters. The Hall–Kier alpha value is -1.85. The molecule has 0 amide bonds.